The third-order valence-corrected chi connectivity index (χ3v) is 11.4. The van der Waals surface area contributed by atoms with E-state index >= 15 is 0 Å². The Kier molecular flexibility index (Phi) is 37.2. The lowest BCUT2D eigenvalue weighted by atomic mass is 9.99. The largest absolute Gasteiger partial charge is 0.462 e. The van der Waals surface area contributed by atoms with E-state index in [2.05, 4.69) is 26.0 Å². The molecular formula is C48H90O10. The lowest BCUT2D eigenvalue weighted by Crippen LogP contribution is -2.59. The lowest BCUT2D eigenvalue weighted by molar-refractivity contribution is -0.305. The lowest BCUT2D eigenvalue weighted by Gasteiger charge is -2.39. The molecule has 0 aromatic carbocycles. The van der Waals surface area contributed by atoms with E-state index in [4.69, 9.17) is 18.9 Å². The van der Waals surface area contributed by atoms with Gasteiger partial charge in [0.05, 0.1) is 13.2 Å². The molecule has 0 radical (unpaired) electrons. The molecule has 6 unspecified atom stereocenters. The van der Waals surface area contributed by atoms with Gasteiger partial charge < -0.3 is 39.4 Å². The van der Waals surface area contributed by atoms with Crippen LogP contribution < -0.4 is 0 Å². The maximum absolute atomic E-state index is 12.8. The van der Waals surface area contributed by atoms with Gasteiger partial charge in [0, 0.05) is 12.8 Å². The van der Waals surface area contributed by atoms with Crippen molar-refractivity contribution in [2.24, 2.45) is 0 Å². The van der Waals surface area contributed by atoms with Crippen LogP contribution in [0.3, 0.4) is 0 Å². The monoisotopic (exact) mass is 827 g/mol. The Balaban J connectivity index is 2.25. The number of unbranched alkanes of at least 4 members (excludes halogenated alkanes) is 28. The maximum Gasteiger partial charge on any atom is 0.306 e. The second-order valence-electron chi connectivity index (χ2n) is 16.9. The van der Waals surface area contributed by atoms with Crippen LogP contribution in [0, 0.1) is 0 Å². The van der Waals surface area contributed by atoms with Gasteiger partial charge in [0.15, 0.2) is 12.4 Å². The van der Waals surface area contributed by atoms with Crippen LogP contribution in [-0.4, -0.2) is 89.0 Å². The first-order valence-corrected chi connectivity index (χ1v) is 24.3. The van der Waals surface area contributed by atoms with Gasteiger partial charge in [-0.3, -0.25) is 9.59 Å². The SMILES string of the molecule is CCCCCC/C=C\CCCCCCCC(=O)OC(COC(=O)CCCCCCCCCCCCCCCCCCCCCC)COC1OC(CO)C(O)C(O)C1O. The average Bonchev–Trinajstić information content (AvgIpc) is 3.22. The molecule has 0 saturated carbocycles. The van der Waals surface area contributed by atoms with E-state index in [1.165, 1.54) is 135 Å². The van der Waals surface area contributed by atoms with Crippen molar-refractivity contribution in [3.63, 3.8) is 0 Å². The fourth-order valence-corrected chi connectivity index (χ4v) is 7.54. The molecule has 10 heteroatoms. The summed E-state index contributed by atoms with van der Waals surface area (Å²) in [5.41, 5.74) is 0. The zero-order valence-electron chi connectivity index (χ0n) is 37.3. The summed E-state index contributed by atoms with van der Waals surface area (Å²) < 4.78 is 22.2. The summed E-state index contributed by atoms with van der Waals surface area (Å²) in [4.78, 5) is 25.4. The predicted molar refractivity (Wildman–Crippen MR) is 233 cm³/mol. The summed E-state index contributed by atoms with van der Waals surface area (Å²) in [7, 11) is 0. The predicted octanol–water partition coefficient (Wildman–Crippen LogP) is 10.7. The van der Waals surface area contributed by atoms with Gasteiger partial charge in [0.1, 0.15) is 31.0 Å². The van der Waals surface area contributed by atoms with Crippen molar-refractivity contribution >= 4 is 11.9 Å². The molecular weight excluding hydrogens is 737 g/mol. The molecule has 1 saturated heterocycles. The number of allylic oxidation sites excluding steroid dienone is 2. The highest BCUT2D eigenvalue weighted by Gasteiger charge is 2.44. The first-order valence-electron chi connectivity index (χ1n) is 24.3. The molecule has 58 heavy (non-hydrogen) atoms. The van der Waals surface area contributed by atoms with Crippen molar-refractivity contribution in [2.45, 2.75) is 263 Å². The smallest absolute Gasteiger partial charge is 0.306 e. The van der Waals surface area contributed by atoms with Crippen LogP contribution in [0.25, 0.3) is 0 Å². The van der Waals surface area contributed by atoms with Crippen LogP contribution in [0.4, 0.5) is 0 Å². The molecule has 0 spiro atoms. The molecule has 0 aromatic rings. The van der Waals surface area contributed by atoms with Crippen LogP contribution in [-0.2, 0) is 28.5 Å². The zero-order valence-corrected chi connectivity index (χ0v) is 37.3. The van der Waals surface area contributed by atoms with Gasteiger partial charge in [0.2, 0.25) is 0 Å². The number of carbonyl (C=O) groups is 2. The molecule has 1 aliphatic heterocycles. The summed E-state index contributed by atoms with van der Waals surface area (Å²) in [6.07, 6.45) is 35.1. The normalized spacial score (nSPS) is 20.1. The zero-order chi connectivity index (χ0) is 42.3. The van der Waals surface area contributed by atoms with Crippen LogP contribution in [0.15, 0.2) is 12.2 Å². The van der Waals surface area contributed by atoms with E-state index in [9.17, 15) is 30.0 Å². The fraction of sp³-hybridized carbons (Fsp3) is 0.917. The number of hydrogen-bond donors (Lipinski definition) is 4. The van der Waals surface area contributed by atoms with Crippen molar-refractivity contribution in [1.82, 2.24) is 0 Å². The van der Waals surface area contributed by atoms with Gasteiger partial charge in [-0.05, 0) is 38.5 Å². The Morgan fingerprint density at radius 3 is 1.36 bits per heavy atom. The molecule has 0 bridgehead atoms. The molecule has 1 aliphatic rings. The summed E-state index contributed by atoms with van der Waals surface area (Å²) in [6.45, 7) is 3.43. The maximum atomic E-state index is 12.8. The van der Waals surface area contributed by atoms with Gasteiger partial charge >= 0.3 is 11.9 Å². The highest BCUT2D eigenvalue weighted by molar-refractivity contribution is 5.70. The van der Waals surface area contributed by atoms with Crippen LogP contribution >= 0.6 is 0 Å². The van der Waals surface area contributed by atoms with Crippen LogP contribution in [0.5, 0.6) is 0 Å². The van der Waals surface area contributed by atoms with Crippen molar-refractivity contribution < 1.29 is 49.0 Å². The highest BCUT2D eigenvalue weighted by Crippen LogP contribution is 2.23. The van der Waals surface area contributed by atoms with E-state index < -0.39 is 49.4 Å². The molecule has 0 amide bonds. The van der Waals surface area contributed by atoms with Crippen molar-refractivity contribution in [3.05, 3.63) is 12.2 Å². The van der Waals surface area contributed by atoms with Crippen LogP contribution in [0.1, 0.15) is 226 Å². The number of aliphatic hydroxyl groups excluding tert-OH is 4. The van der Waals surface area contributed by atoms with Gasteiger partial charge in [-0.15, -0.1) is 0 Å². The van der Waals surface area contributed by atoms with Crippen LogP contribution in [0.2, 0.25) is 0 Å². The van der Waals surface area contributed by atoms with Gasteiger partial charge in [-0.25, -0.2) is 0 Å². The average molecular weight is 827 g/mol. The Bertz CT molecular complexity index is 959. The third kappa shape index (κ3) is 30.5. The molecule has 6 atom stereocenters. The fourth-order valence-electron chi connectivity index (χ4n) is 7.54. The molecule has 4 N–H and O–H groups in total. The molecule has 1 heterocycles. The van der Waals surface area contributed by atoms with Crippen molar-refractivity contribution in [2.75, 3.05) is 19.8 Å². The minimum Gasteiger partial charge on any atom is -0.462 e. The third-order valence-electron chi connectivity index (χ3n) is 11.4. The summed E-state index contributed by atoms with van der Waals surface area (Å²) >= 11 is 0. The standard InChI is InChI=1S/C48H90O10/c1-3-5-7-9-11-13-15-17-18-19-20-21-22-23-25-26-28-30-32-34-36-43(50)55-39-41(40-56-48-47(54)46(53)45(52)42(38-49)58-48)57-44(51)37-35-33-31-29-27-24-16-14-12-10-8-6-4-2/h14,16,41-42,45-49,52-54H,3-13,15,17-40H2,1-2H3/b16-14-. The minimum absolute atomic E-state index is 0.215. The first kappa shape index (κ1) is 54.5. The van der Waals surface area contributed by atoms with E-state index in [-0.39, 0.29) is 32.0 Å². The summed E-state index contributed by atoms with van der Waals surface area (Å²) in [5.74, 6) is -0.804. The number of rotatable bonds is 41. The second-order valence-corrected chi connectivity index (χ2v) is 16.9. The number of esters is 2. The van der Waals surface area contributed by atoms with E-state index in [1.54, 1.807) is 0 Å². The number of carbonyl (C=O) groups excluding carboxylic acids is 2. The van der Waals surface area contributed by atoms with Gasteiger partial charge in [-0.2, -0.15) is 0 Å². The Hall–Kier alpha value is -1.56. The molecule has 1 rings (SSSR count). The number of ether oxygens (including phenoxy) is 4. The van der Waals surface area contributed by atoms with Gasteiger partial charge in [-0.1, -0.05) is 187 Å². The minimum atomic E-state index is -1.59. The van der Waals surface area contributed by atoms with E-state index in [1.807, 2.05) is 0 Å². The topological polar surface area (TPSA) is 152 Å². The molecule has 0 aliphatic carbocycles. The van der Waals surface area contributed by atoms with Crippen molar-refractivity contribution in [1.29, 1.82) is 0 Å². The molecule has 0 aromatic heterocycles. The molecule has 1 fully saturated rings. The van der Waals surface area contributed by atoms with E-state index in [0.717, 1.165) is 57.8 Å². The first-order chi connectivity index (χ1) is 28.3. The van der Waals surface area contributed by atoms with E-state index in [0.29, 0.717) is 6.42 Å². The second kappa shape index (κ2) is 39.6. The Labute approximate surface area is 354 Å². The summed E-state index contributed by atoms with van der Waals surface area (Å²) in [5, 5.41) is 40.1. The molecule has 342 valence electrons. The van der Waals surface area contributed by atoms with Crippen molar-refractivity contribution in [3.8, 4) is 0 Å². The quantitative estimate of drug-likeness (QED) is 0.0266. The number of aliphatic hydroxyl groups is 4. The molecule has 10 nitrogen and oxygen atoms in total. The summed E-state index contributed by atoms with van der Waals surface area (Å²) in [6, 6.07) is 0. The number of hydrogen-bond acceptors (Lipinski definition) is 10. The Morgan fingerprint density at radius 2 is 0.914 bits per heavy atom. The van der Waals surface area contributed by atoms with Gasteiger partial charge in [0.25, 0.3) is 0 Å². The highest BCUT2D eigenvalue weighted by atomic mass is 16.7. The Morgan fingerprint density at radius 1 is 0.517 bits per heavy atom.